The van der Waals surface area contributed by atoms with E-state index in [-0.39, 0.29) is 24.8 Å². The van der Waals surface area contributed by atoms with Crippen molar-refractivity contribution >= 4 is 11.6 Å². The van der Waals surface area contributed by atoms with Crippen molar-refractivity contribution in [3.63, 3.8) is 0 Å². The molecule has 0 aliphatic rings. The third-order valence-corrected chi connectivity index (χ3v) is 1.88. The smallest absolute Gasteiger partial charge is 0.238 e. The van der Waals surface area contributed by atoms with Gasteiger partial charge in [-0.15, -0.1) is 0 Å². The number of nitrogens with zero attached hydrogens (tertiary/aromatic N) is 2. The number of likely N-dealkylation sites (N-methyl/N-ethyl adjacent to an activating group) is 1. The normalized spacial score (nSPS) is 9.88. The van der Waals surface area contributed by atoms with Gasteiger partial charge in [0.1, 0.15) is 5.82 Å². The molecule has 5 heteroatoms. The minimum absolute atomic E-state index is 0.130. The number of nitrogens with one attached hydrogen (secondary N) is 1. The third kappa shape index (κ3) is 4.07. The molecule has 84 valence electrons. The van der Waals surface area contributed by atoms with Gasteiger partial charge >= 0.3 is 0 Å². The average Bonchev–Trinajstić information content (AvgIpc) is 2.21. The van der Waals surface area contributed by atoms with E-state index in [2.05, 4.69) is 5.32 Å². The molecule has 16 heavy (non-hydrogen) atoms. The van der Waals surface area contributed by atoms with Gasteiger partial charge in [-0.1, -0.05) is 0 Å². The number of amides is 1. The summed E-state index contributed by atoms with van der Waals surface area (Å²) in [5.74, 6) is -0.580. The van der Waals surface area contributed by atoms with Crippen molar-refractivity contribution in [2.24, 2.45) is 0 Å². The molecule has 0 atom stereocenters. The molecule has 0 saturated heterocycles. The van der Waals surface area contributed by atoms with Crippen molar-refractivity contribution in [3.05, 3.63) is 30.1 Å². The summed E-state index contributed by atoms with van der Waals surface area (Å²) >= 11 is 0. The number of nitriles is 1. The van der Waals surface area contributed by atoms with Crippen LogP contribution in [0, 0.1) is 17.1 Å². The molecule has 1 rings (SSSR count). The van der Waals surface area contributed by atoms with Crippen molar-refractivity contribution in [2.45, 2.75) is 0 Å². The lowest BCUT2D eigenvalue weighted by atomic mass is 10.3. The molecule has 1 amide bonds. The van der Waals surface area contributed by atoms with E-state index >= 15 is 0 Å². The van der Waals surface area contributed by atoms with Crippen LogP contribution in [-0.4, -0.2) is 30.9 Å². The predicted molar refractivity (Wildman–Crippen MR) is 58.1 cm³/mol. The average molecular weight is 221 g/mol. The van der Waals surface area contributed by atoms with Crippen LogP contribution in [-0.2, 0) is 4.79 Å². The summed E-state index contributed by atoms with van der Waals surface area (Å²) in [7, 11) is 1.67. The highest BCUT2D eigenvalue weighted by Gasteiger charge is 2.06. The summed E-state index contributed by atoms with van der Waals surface area (Å²) < 4.78 is 12.6. The molecule has 0 aromatic heterocycles. The summed E-state index contributed by atoms with van der Waals surface area (Å²) in [5.41, 5.74) is 0.539. The number of carbonyl (C=O) groups is 1. The summed E-state index contributed by atoms with van der Waals surface area (Å²) in [5, 5.41) is 11.0. The van der Waals surface area contributed by atoms with Crippen LogP contribution in [0.5, 0.6) is 0 Å². The summed E-state index contributed by atoms with van der Waals surface area (Å²) in [6.07, 6.45) is 0. The second-order valence-corrected chi connectivity index (χ2v) is 3.39. The first-order chi connectivity index (χ1) is 7.61. The van der Waals surface area contributed by atoms with Crippen molar-refractivity contribution in [1.29, 1.82) is 5.26 Å². The lowest BCUT2D eigenvalue weighted by Crippen LogP contribution is -2.30. The molecule has 0 fully saturated rings. The lowest BCUT2D eigenvalue weighted by Gasteiger charge is -2.12. The Bertz CT molecular complexity index is 397. The summed E-state index contributed by atoms with van der Waals surface area (Å²) in [6.45, 7) is 0.321. The van der Waals surface area contributed by atoms with Crippen molar-refractivity contribution in [2.75, 3.05) is 25.5 Å². The Morgan fingerprint density at radius 3 is 2.69 bits per heavy atom. The second kappa shape index (κ2) is 5.83. The first-order valence-corrected chi connectivity index (χ1v) is 4.72. The van der Waals surface area contributed by atoms with E-state index in [0.29, 0.717) is 5.69 Å². The predicted octanol–water partition coefficient (Wildman–Crippen LogP) is 1.22. The minimum Gasteiger partial charge on any atom is -0.325 e. The van der Waals surface area contributed by atoms with Crippen LogP contribution in [0.25, 0.3) is 0 Å². The van der Waals surface area contributed by atoms with Crippen molar-refractivity contribution in [3.8, 4) is 6.07 Å². The lowest BCUT2D eigenvalue weighted by molar-refractivity contribution is -0.116. The van der Waals surface area contributed by atoms with Crippen LogP contribution in [0.4, 0.5) is 10.1 Å². The van der Waals surface area contributed by atoms with Gasteiger partial charge in [-0.2, -0.15) is 5.26 Å². The van der Waals surface area contributed by atoms with Gasteiger partial charge in [-0.25, -0.2) is 4.39 Å². The second-order valence-electron chi connectivity index (χ2n) is 3.39. The number of anilines is 1. The Labute approximate surface area is 93.3 Å². The number of carbonyl (C=O) groups excluding carboxylic acids is 1. The topological polar surface area (TPSA) is 56.1 Å². The maximum absolute atomic E-state index is 12.6. The molecule has 1 N–H and O–H groups in total. The number of hydrogen-bond acceptors (Lipinski definition) is 3. The van der Waals surface area contributed by atoms with E-state index < -0.39 is 0 Å². The maximum atomic E-state index is 12.6. The molecule has 0 heterocycles. The van der Waals surface area contributed by atoms with Crippen LogP contribution in [0.3, 0.4) is 0 Å². The van der Waals surface area contributed by atoms with Crippen LogP contribution < -0.4 is 5.32 Å². The van der Waals surface area contributed by atoms with Gasteiger partial charge in [-0.3, -0.25) is 9.69 Å². The van der Waals surface area contributed by atoms with E-state index in [0.717, 1.165) is 0 Å². The van der Waals surface area contributed by atoms with Crippen LogP contribution >= 0.6 is 0 Å². The van der Waals surface area contributed by atoms with Crippen LogP contribution in [0.1, 0.15) is 0 Å². The van der Waals surface area contributed by atoms with Gasteiger partial charge in [0.25, 0.3) is 0 Å². The molecule has 4 nitrogen and oxygen atoms in total. The highest BCUT2D eigenvalue weighted by Crippen LogP contribution is 2.07. The Kier molecular flexibility index (Phi) is 4.42. The van der Waals surface area contributed by atoms with Crippen molar-refractivity contribution < 1.29 is 9.18 Å². The molecule has 1 aromatic rings. The Morgan fingerprint density at radius 1 is 1.50 bits per heavy atom. The molecule has 0 radical (unpaired) electrons. The fraction of sp³-hybridized carbons (Fsp3) is 0.273. The fourth-order valence-corrected chi connectivity index (χ4v) is 1.16. The van der Waals surface area contributed by atoms with Gasteiger partial charge in [0, 0.05) is 5.69 Å². The van der Waals surface area contributed by atoms with E-state index in [1.807, 2.05) is 6.07 Å². The Morgan fingerprint density at radius 2 is 2.12 bits per heavy atom. The molecule has 0 aliphatic heterocycles. The third-order valence-electron chi connectivity index (χ3n) is 1.88. The van der Waals surface area contributed by atoms with Crippen LogP contribution in [0.15, 0.2) is 24.3 Å². The Balaban J connectivity index is 2.46. The number of rotatable bonds is 4. The van der Waals surface area contributed by atoms with E-state index in [1.54, 1.807) is 11.9 Å². The molecule has 0 bridgehead atoms. The number of hydrogen-bond donors (Lipinski definition) is 1. The van der Waals surface area contributed by atoms with Gasteiger partial charge in [0.2, 0.25) is 5.91 Å². The monoisotopic (exact) mass is 221 g/mol. The first kappa shape index (κ1) is 12.1. The van der Waals surface area contributed by atoms with Gasteiger partial charge < -0.3 is 5.32 Å². The van der Waals surface area contributed by atoms with E-state index in [9.17, 15) is 9.18 Å². The highest BCUT2D eigenvalue weighted by atomic mass is 19.1. The standard InChI is InChI=1S/C11H12FN3O/c1-15(7-6-13)8-11(16)14-10-4-2-9(12)3-5-10/h2-5H,7-8H2,1H3,(H,14,16). The molecule has 0 saturated carbocycles. The largest absolute Gasteiger partial charge is 0.325 e. The molecule has 1 aromatic carbocycles. The molecular weight excluding hydrogens is 209 g/mol. The van der Waals surface area contributed by atoms with Gasteiger partial charge in [0.05, 0.1) is 19.2 Å². The zero-order valence-electron chi connectivity index (χ0n) is 8.90. The molecule has 0 aliphatic carbocycles. The minimum atomic E-state index is -0.348. The van der Waals surface area contributed by atoms with Crippen molar-refractivity contribution in [1.82, 2.24) is 4.90 Å². The van der Waals surface area contributed by atoms with Gasteiger partial charge in [0.15, 0.2) is 0 Å². The fourth-order valence-electron chi connectivity index (χ4n) is 1.16. The van der Waals surface area contributed by atoms with Crippen LogP contribution in [0.2, 0.25) is 0 Å². The first-order valence-electron chi connectivity index (χ1n) is 4.72. The number of halogens is 1. The number of benzene rings is 1. The zero-order chi connectivity index (χ0) is 12.0. The maximum Gasteiger partial charge on any atom is 0.238 e. The van der Waals surface area contributed by atoms with E-state index in [1.165, 1.54) is 24.3 Å². The zero-order valence-corrected chi connectivity index (χ0v) is 8.90. The quantitative estimate of drug-likeness (QED) is 0.778. The molecule has 0 unspecified atom stereocenters. The van der Waals surface area contributed by atoms with E-state index in [4.69, 9.17) is 5.26 Å². The molecule has 0 spiro atoms. The SMILES string of the molecule is CN(CC#N)CC(=O)Nc1ccc(F)cc1. The highest BCUT2D eigenvalue weighted by molar-refractivity contribution is 5.92. The van der Waals surface area contributed by atoms with Gasteiger partial charge in [-0.05, 0) is 31.3 Å². The summed E-state index contributed by atoms with van der Waals surface area (Å²) in [6, 6.07) is 7.45. The Hall–Kier alpha value is -1.93. The summed E-state index contributed by atoms with van der Waals surface area (Å²) in [4.78, 5) is 13.0. The molecular formula is C11H12FN3O.